The number of hydrogen-bond acceptors (Lipinski definition) is 4. The Morgan fingerprint density at radius 2 is 2.09 bits per heavy atom. The summed E-state index contributed by atoms with van der Waals surface area (Å²) in [7, 11) is 0. The van der Waals surface area contributed by atoms with Gasteiger partial charge < -0.3 is 9.64 Å². The summed E-state index contributed by atoms with van der Waals surface area (Å²) in [6, 6.07) is 0.962. The standard InChI is InChI=1S/C15H22ClN3O4/c1-15(2,3)23-14(22)18-7-5-4-6-10(18)9-19-11(16)8-12(20)17-13(19)21/h8,10H,4-7,9H2,1-3H3,(H,17,20,21). The lowest BCUT2D eigenvalue weighted by atomic mass is 10.0. The summed E-state index contributed by atoms with van der Waals surface area (Å²) in [5.41, 5.74) is -1.69. The van der Waals surface area contributed by atoms with E-state index in [2.05, 4.69) is 4.98 Å². The molecule has 1 aliphatic heterocycles. The van der Waals surface area contributed by atoms with Crippen LogP contribution in [0.1, 0.15) is 40.0 Å². The normalized spacial score (nSPS) is 18.8. The van der Waals surface area contributed by atoms with E-state index in [0.29, 0.717) is 6.54 Å². The molecular formula is C15H22ClN3O4. The van der Waals surface area contributed by atoms with Crippen LogP contribution in [-0.2, 0) is 11.3 Å². The van der Waals surface area contributed by atoms with E-state index in [1.165, 1.54) is 4.57 Å². The number of hydrogen-bond donors (Lipinski definition) is 1. The zero-order chi connectivity index (χ0) is 17.2. The molecule has 1 amide bonds. The first kappa shape index (κ1) is 17.6. The second-order valence-electron chi connectivity index (χ2n) is 6.70. The Labute approximate surface area is 139 Å². The van der Waals surface area contributed by atoms with Crippen LogP contribution < -0.4 is 11.2 Å². The fourth-order valence-electron chi connectivity index (χ4n) is 2.62. The lowest BCUT2D eigenvalue weighted by Crippen LogP contribution is -2.49. The van der Waals surface area contributed by atoms with Crippen molar-refractivity contribution in [2.45, 2.75) is 58.2 Å². The lowest BCUT2D eigenvalue weighted by molar-refractivity contribution is 0.00764. The topological polar surface area (TPSA) is 84.4 Å². The molecule has 23 heavy (non-hydrogen) atoms. The second kappa shape index (κ2) is 6.78. The van der Waals surface area contributed by atoms with E-state index >= 15 is 0 Å². The van der Waals surface area contributed by atoms with Gasteiger partial charge in [-0.2, -0.15) is 0 Å². The van der Waals surface area contributed by atoms with Crippen molar-refractivity contribution < 1.29 is 9.53 Å². The Bertz CT molecular complexity index is 689. The van der Waals surface area contributed by atoms with Gasteiger partial charge in [0.1, 0.15) is 10.8 Å². The highest BCUT2D eigenvalue weighted by Crippen LogP contribution is 2.22. The van der Waals surface area contributed by atoms with E-state index in [1.807, 2.05) is 20.8 Å². The van der Waals surface area contributed by atoms with Gasteiger partial charge in [-0.25, -0.2) is 9.59 Å². The molecule has 7 nitrogen and oxygen atoms in total. The minimum absolute atomic E-state index is 0.0634. The van der Waals surface area contributed by atoms with Crippen molar-refractivity contribution >= 4 is 17.7 Å². The zero-order valence-electron chi connectivity index (χ0n) is 13.6. The molecule has 0 aromatic carbocycles. The van der Waals surface area contributed by atoms with Gasteiger partial charge in [-0.1, -0.05) is 11.6 Å². The summed E-state index contributed by atoms with van der Waals surface area (Å²) >= 11 is 6.00. The molecule has 1 unspecified atom stereocenters. The highest BCUT2D eigenvalue weighted by molar-refractivity contribution is 6.29. The molecule has 1 aliphatic rings. The van der Waals surface area contributed by atoms with E-state index in [0.717, 1.165) is 25.3 Å². The molecule has 1 aromatic rings. The number of carbonyl (C=O) groups is 1. The van der Waals surface area contributed by atoms with Gasteiger partial charge in [0.15, 0.2) is 0 Å². The van der Waals surface area contributed by atoms with Crippen LogP contribution in [-0.4, -0.2) is 38.7 Å². The van der Waals surface area contributed by atoms with Gasteiger partial charge in [0.25, 0.3) is 5.56 Å². The first-order chi connectivity index (χ1) is 10.7. The smallest absolute Gasteiger partial charge is 0.410 e. The summed E-state index contributed by atoms with van der Waals surface area (Å²) in [5, 5.41) is 0.0634. The highest BCUT2D eigenvalue weighted by Gasteiger charge is 2.31. The Balaban J connectivity index is 2.21. The quantitative estimate of drug-likeness (QED) is 0.832. The molecule has 0 radical (unpaired) electrons. The van der Waals surface area contributed by atoms with Crippen molar-refractivity contribution in [1.82, 2.24) is 14.5 Å². The fraction of sp³-hybridized carbons (Fsp3) is 0.667. The van der Waals surface area contributed by atoms with E-state index in [9.17, 15) is 14.4 Å². The summed E-state index contributed by atoms with van der Waals surface area (Å²) in [4.78, 5) is 39.4. The van der Waals surface area contributed by atoms with Gasteiger partial charge in [-0.3, -0.25) is 14.3 Å². The van der Waals surface area contributed by atoms with Gasteiger partial charge in [0.05, 0.1) is 6.04 Å². The summed E-state index contributed by atoms with van der Waals surface area (Å²) in [6.45, 7) is 6.25. The Morgan fingerprint density at radius 3 is 2.70 bits per heavy atom. The number of nitrogens with one attached hydrogen (secondary N) is 1. The molecule has 2 heterocycles. The average Bonchev–Trinajstić information content (AvgIpc) is 2.41. The Kier molecular flexibility index (Phi) is 5.19. The number of halogens is 1. The van der Waals surface area contributed by atoms with Crippen LogP contribution >= 0.6 is 11.6 Å². The van der Waals surface area contributed by atoms with Gasteiger partial charge in [-0.05, 0) is 40.0 Å². The SMILES string of the molecule is CC(C)(C)OC(=O)N1CCCCC1Cn1c(Cl)cc(=O)[nH]c1=O. The molecule has 0 aliphatic carbocycles. The minimum atomic E-state index is -0.578. The Morgan fingerprint density at radius 1 is 1.39 bits per heavy atom. The van der Waals surface area contributed by atoms with Crippen molar-refractivity contribution in [2.24, 2.45) is 0 Å². The van der Waals surface area contributed by atoms with E-state index in [1.54, 1.807) is 4.90 Å². The predicted octanol–water partition coefficient (Wildman–Crippen LogP) is 1.98. The number of piperidine rings is 1. The van der Waals surface area contributed by atoms with E-state index in [4.69, 9.17) is 16.3 Å². The van der Waals surface area contributed by atoms with Gasteiger partial charge in [0, 0.05) is 19.2 Å². The third kappa shape index (κ3) is 4.60. The lowest BCUT2D eigenvalue weighted by Gasteiger charge is -2.37. The molecule has 1 fully saturated rings. The maximum Gasteiger partial charge on any atom is 0.410 e. The van der Waals surface area contributed by atoms with Gasteiger partial charge in [0.2, 0.25) is 0 Å². The maximum atomic E-state index is 12.4. The number of aromatic nitrogens is 2. The van der Waals surface area contributed by atoms with E-state index < -0.39 is 22.9 Å². The highest BCUT2D eigenvalue weighted by atomic mass is 35.5. The largest absolute Gasteiger partial charge is 0.444 e. The minimum Gasteiger partial charge on any atom is -0.444 e. The van der Waals surface area contributed by atoms with Crippen molar-refractivity contribution in [3.8, 4) is 0 Å². The number of aromatic amines is 1. The molecular weight excluding hydrogens is 322 g/mol. The van der Waals surface area contributed by atoms with E-state index in [-0.39, 0.29) is 17.7 Å². The third-order valence-corrected chi connectivity index (χ3v) is 3.94. The van der Waals surface area contributed by atoms with Crippen LogP contribution in [0.5, 0.6) is 0 Å². The molecule has 8 heteroatoms. The number of carbonyl (C=O) groups excluding carboxylic acids is 1. The maximum absolute atomic E-state index is 12.4. The number of likely N-dealkylation sites (tertiary alicyclic amines) is 1. The molecule has 1 atom stereocenters. The molecule has 1 saturated heterocycles. The fourth-order valence-corrected chi connectivity index (χ4v) is 2.87. The molecule has 0 saturated carbocycles. The third-order valence-electron chi connectivity index (χ3n) is 3.63. The second-order valence-corrected chi connectivity index (χ2v) is 7.08. The number of ether oxygens (including phenoxy) is 1. The predicted molar refractivity (Wildman–Crippen MR) is 86.9 cm³/mol. The van der Waals surface area contributed by atoms with Crippen molar-refractivity contribution in [3.05, 3.63) is 32.1 Å². The molecule has 1 aromatic heterocycles. The van der Waals surface area contributed by atoms with Crippen LogP contribution in [0.25, 0.3) is 0 Å². The van der Waals surface area contributed by atoms with Crippen molar-refractivity contribution in [2.75, 3.05) is 6.54 Å². The van der Waals surface area contributed by atoms with Crippen LogP contribution in [0, 0.1) is 0 Å². The molecule has 0 bridgehead atoms. The molecule has 0 spiro atoms. The zero-order valence-corrected chi connectivity index (χ0v) is 14.4. The summed E-state index contributed by atoms with van der Waals surface area (Å²) < 4.78 is 6.71. The van der Waals surface area contributed by atoms with Crippen LogP contribution in [0.2, 0.25) is 5.15 Å². The van der Waals surface area contributed by atoms with Gasteiger partial charge >= 0.3 is 11.8 Å². The summed E-state index contributed by atoms with van der Waals surface area (Å²) in [5.74, 6) is 0. The first-order valence-electron chi connectivity index (χ1n) is 7.66. The molecule has 1 N–H and O–H groups in total. The molecule has 128 valence electrons. The first-order valence-corrected chi connectivity index (χ1v) is 8.04. The monoisotopic (exact) mass is 343 g/mol. The van der Waals surface area contributed by atoms with Crippen LogP contribution in [0.4, 0.5) is 4.79 Å². The summed E-state index contributed by atoms with van der Waals surface area (Å²) in [6.07, 6.45) is 2.21. The number of nitrogens with zero attached hydrogens (tertiary/aromatic N) is 2. The number of rotatable bonds is 2. The number of amides is 1. The molecule has 2 rings (SSSR count). The number of H-pyrrole nitrogens is 1. The van der Waals surface area contributed by atoms with Crippen molar-refractivity contribution in [3.63, 3.8) is 0 Å². The van der Waals surface area contributed by atoms with Gasteiger partial charge in [-0.15, -0.1) is 0 Å². The average molecular weight is 344 g/mol. The van der Waals surface area contributed by atoms with Crippen LogP contribution in [0.3, 0.4) is 0 Å². The van der Waals surface area contributed by atoms with Crippen LogP contribution in [0.15, 0.2) is 15.7 Å². The Hall–Kier alpha value is -1.76. The van der Waals surface area contributed by atoms with Crippen molar-refractivity contribution in [1.29, 1.82) is 0 Å².